The fourth-order valence-electron chi connectivity index (χ4n) is 2.27. The van der Waals surface area contributed by atoms with Crippen molar-refractivity contribution >= 4 is 11.5 Å². The van der Waals surface area contributed by atoms with Crippen molar-refractivity contribution in [3.8, 4) is 0 Å². The number of nitrogen functional groups attached to an aromatic ring is 1. The van der Waals surface area contributed by atoms with Gasteiger partial charge in [-0.25, -0.2) is 0 Å². The number of carbonyl (C=O) groups is 1. The summed E-state index contributed by atoms with van der Waals surface area (Å²) in [5.41, 5.74) is 11.6. The van der Waals surface area contributed by atoms with Crippen molar-refractivity contribution in [3.63, 3.8) is 0 Å². The zero-order valence-corrected chi connectivity index (χ0v) is 11.7. The van der Waals surface area contributed by atoms with Gasteiger partial charge in [0.2, 0.25) is 0 Å². The van der Waals surface area contributed by atoms with Gasteiger partial charge in [0.25, 0.3) is 0 Å². The average molecular weight is 253 g/mol. The number of carbonyl (C=O) groups excluding carboxylic acids is 1. The molecule has 19 heavy (non-hydrogen) atoms. The number of ketones is 1. The summed E-state index contributed by atoms with van der Waals surface area (Å²) in [5, 5.41) is 0. The van der Waals surface area contributed by atoms with Crippen molar-refractivity contribution in [2.45, 2.75) is 27.2 Å². The zero-order chi connectivity index (χ0) is 14.0. The Morgan fingerprint density at radius 2 is 1.63 bits per heavy atom. The first-order valence-electron chi connectivity index (χ1n) is 6.42. The van der Waals surface area contributed by atoms with Gasteiger partial charge >= 0.3 is 0 Å². The maximum atomic E-state index is 12.2. The van der Waals surface area contributed by atoms with Crippen LogP contribution in [-0.2, 0) is 6.42 Å². The Hall–Kier alpha value is -2.09. The molecule has 0 spiro atoms. The molecule has 0 radical (unpaired) electrons. The molecule has 0 saturated carbocycles. The molecule has 2 aromatic rings. The Morgan fingerprint density at radius 3 is 2.21 bits per heavy atom. The number of anilines is 1. The summed E-state index contributed by atoms with van der Waals surface area (Å²) in [7, 11) is 0. The third-order valence-corrected chi connectivity index (χ3v) is 3.25. The second-order valence-corrected chi connectivity index (χ2v) is 5.17. The predicted octanol–water partition coefficient (Wildman–Crippen LogP) is 3.62. The Labute approximate surface area is 114 Å². The van der Waals surface area contributed by atoms with E-state index in [0.717, 1.165) is 11.1 Å². The largest absolute Gasteiger partial charge is 0.398 e. The lowest BCUT2D eigenvalue weighted by molar-refractivity contribution is 0.0993. The Bertz CT molecular complexity index is 609. The van der Waals surface area contributed by atoms with E-state index in [2.05, 4.69) is 18.2 Å². The summed E-state index contributed by atoms with van der Waals surface area (Å²) in [5.74, 6) is 0.108. The van der Waals surface area contributed by atoms with E-state index in [4.69, 9.17) is 5.73 Å². The molecule has 0 fully saturated rings. The molecule has 2 N–H and O–H groups in total. The van der Waals surface area contributed by atoms with Gasteiger partial charge in [-0.05, 0) is 38.0 Å². The molecule has 0 aliphatic rings. The van der Waals surface area contributed by atoms with Crippen molar-refractivity contribution in [1.82, 2.24) is 0 Å². The molecule has 98 valence electrons. The van der Waals surface area contributed by atoms with Gasteiger partial charge in [0.05, 0.1) is 0 Å². The highest BCUT2D eigenvalue weighted by Crippen LogP contribution is 2.16. The molecule has 2 aromatic carbocycles. The predicted molar refractivity (Wildman–Crippen MR) is 79.5 cm³/mol. The van der Waals surface area contributed by atoms with Gasteiger partial charge in [-0.1, -0.05) is 41.5 Å². The first-order chi connectivity index (χ1) is 8.95. The number of hydrogen-bond acceptors (Lipinski definition) is 2. The summed E-state index contributed by atoms with van der Waals surface area (Å²) < 4.78 is 0. The second kappa shape index (κ2) is 5.27. The number of aryl methyl sites for hydroxylation is 3. The van der Waals surface area contributed by atoms with E-state index in [1.807, 2.05) is 32.9 Å². The fraction of sp³-hybridized carbons (Fsp3) is 0.235. The maximum absolute atomic E-state index is 12.2. The molecule has 0 amide bonds. The summed E-state index contributed by atoms with van der Waals surface area (Å²) in [6.07, 6.45) is 0.422. The van der Waals surface area contributed by atoms with Crippen molar-refractivity contribution in [1.29, 1.82) is 0 Å². The number of rotatable bonds is 3. The van der Waals surface area contributed by atoms with Crippen LogP contribution in [0.3, 0.4) is 0 Å². The van der Waals surface area contributed by atoms with Crippen LogP contribution in [0.25, 0.3) is 0 Å². The smallest absolute Gasteiger partial charge is 0.167 e. The molecular formula is C17H19NO. The lowest BCUT2D eigenvalue weighted by Gasteiger charge is -2.06. The van der Waals surface area contributed by atoms with Crippen LogP contribution in [0.1, 0.15) is 32.6 Å². The number of benzene rings is 2. The third kappa shape index (κ3) is 3.22. The molecular weight excluding hydrogens is 234 g/mol. The summed E-state index contributed by atoms with van der Waals surface area (Å²) in [4.78, 5) is 12.2. The van der Waals surface area contributed by atoms with E-state index in [9.17, 15) is 4.79 Å². The van der Waals surface area contributed by atoms with Gasteiger partial charge in [-0.2, -0.15) is 0 Å². The topological polar surface area (TPSA) is 43.1 Å². The Morgan fingerprint density at radius 1 is 1.00 bits per heavy atom. The lowest BCUT2D eigenvalue weighted by Crippen LogP contribution is -2.05. The molecule has 0 aliphatic carbocycles. The molecule has 2 nitrogen and oxygen atoms in total. The van der Waals surface area contributed by atoms with E-state index in [0.29, 0.717) is 17.7 Å². The van der Waals surface area contributed by atoms with E-state index in [1.54, 1.807) is 6.07 Å². The van der Waals surface area contributed by atoms with Crippen LogP contribution in [0.2, 0.25) is 0 Å². The molecule has 2 heteroatoms. The first-order valence-corrected chi connectivity index (χ1v) is 6.42. The number of nitrogens with two attached hydrogens (primary N) is 1. The Balaban J connectivity index is 2.22. The molecule has 2 rings (SSSR count). The number of Topliss-reactive ketones (excluding diaryl/α,β-unsaturated/α-hetero) is 1. The van der Waals surface area contributed by atoms with Gasteiger partial charge in [-0.15, -0.1) is 0 Å². The zero-order valence-electron chi connectivity index (χ0n) is 11.7. The monoisotopic (exact) mass is 253 g/mol. The summed E-state index contributed by atoms with van der Waals surface area (Å²) in [6, 6.07) is 11.7. The van der Waals surface area contributed by atoms with Crippen LogP contribution in [0.15, 0.2) is 36.4 Å². The molecule has 0 aromatic heterocycles. The quantitative estimate of drug-likeness (QED) is 0.670. The van der Waals surface area contributed by atoms with E-state index < -0.39 is 0 Å². The van der Waals surface area contributed by atoms with Crippen LogP contribution in [0, 0.1) is 20.8 Å². The van der Waals surface area contributed by atoms with E-state index in [-0.39, 0.29) is 5.78 Å². The molecule has 0 saturated heterocycles. The second-order valence-electron chi connectivity index (χ2n) is 5.17. The maximum Gasteiger partial charge on any atom is 0.167 e. The first kappa shape index (κ1) is 13.3. The average Bonchev–Trinajstić information content (AvgIpc) is 2.31. The minimum atomic E-state index is 0.108. The Kier molecular flexibility index (Phi) is 3.70. The van der Waals surface area contributed by atoms with Gasteiger partial charge in [0.15, 0.2) is 5.78 Å². The lowest BCUT2D eigenvalue weighted by atomic mass is 9.99. The highest BCUT2D eigenvalue weighted by atomic mass is 16.1. The molecule has 0 heterocycles. The van der Waals surface area contributed by atoms with Gasteiger partial charge in [-0.3, -0.25) is 4.79 Å². The third-order valence-electron chi connectivity index (χ3n) is 3.25. The highest BCUT2D eigenvalue weighted by Gasteiger charge is 2.09. The molecule has 0 bridgehead atoms. The SMILES string of the molecule is Cc1cc(C)cc(CC(=O)c2ccc(C)c(N)c2)c1. The van der Waals surface area contributed by atoms with Crippen LogP contribution in [0.4, 0.5) is 5.69 Å². The van der Waals surface area contributed by atoms with Crippen molar-refractivity contribution in [2.24, 2.45) is 0 Å². The normalized spacial score (nSPS) is 10.5. The van der Waals surface area contributed by atoms with Crippen LogP contribution < -0.4 is 5.73 Å². The molecule has 0 aliphatic heterocycles. The number of hydrogen-bond donors (Lipinski definition) is 1. The minimum Gasteiger partial charge on any atom is -0.398 e. The minimum absolute atomic E-state index is 0.108. The van der Waals surface area contributed by atoms with Crippen LogP contribution >= 0.6 is 0 Å². The summed E-state index contributed by atoms with van der Waals surface area (Å²) in [6.45, 7) is 6.03. The van der Waals surface area contributed by atoms with Gasteiger partial charge in [0, 0.05) is 17.7 Å². The van der Waals surface area contributed by atoms with Crippen molar-refractivity contribution in [3.05, 3.63) is 64.2 Å². The van der Waals surface area contributed by atoms with Crippen LogP contribution in [-0.4, -0.2) is 5.78 Å². The molecule has 0 atom stereocenters. The highest BCUT2D eigenvalue weighted by molar-refractivity contribution is 5.98. The fourth-order valence-corrected chi connectivity index (χ4v) is 2.27. The van der Waals surface area contributed by atoms with Gasteiger partial charge in [0.1, 0.15) is 0 Å². The van der Waals surface area contributed by atoms with Crippen molar-refractivity contribution < 1.29 is 4.79 Å². The molecule has 0 unspecified atom stereocenters. The summed E-state index contributed by atoms with van der Waals surface area (Å²) >= 11 is 0. The van der Waals surface area contributed by atoms with E-state index in [1.165, 1.54) is 11.1 Å². The standard InChI is InChI=1S/C17H19NO/c1-11-6-12(2)8-14(7-11)9-17(19)15-5-4-13(3)16(18)10-15/h4-8,10H,9,18H2,1-3H3. The van der Waals surface area contributed by atoms with Crippen LogP contribution in [0.5, 0.6) is 0 Å². The van der Waals surface area contributed by atoms with Crippen molar-refractivity contribution in [2.75, 3.05) is 5.73 Å². The van der Waals surface area contributed by atoms with Gasteiger partial charge < -0.3 is 5.73 Å². The van der Waals surface area contributed by atoms with E-state index >= 15 is 0 Å².